The summed E-state index contributed by atoms with van der Waals surface area (Å²) in [4.78, 5) is 39.7. The molecule has 2 atom stereocenters. The Morgan fingerprint density at radius 3 is 2.31 bits per heavy atom. The van der Waals surface area contributed by atoms with Crippen molar-refractivity contribution in [2.24, 2.45) is 5.73 Å². The Morgan fingerprint density at radius 1 is 1.05 bits per heavy atom. The van der Waals surface area contributed by atoms with Gasteiger partial charge >= 0.3 is 12.1 Å². The first kappa shape index (κ1) is 28.6. The molecule has 210 valence electrons. The molecule has 2 fully saturated rings. The van der Waals surface area contributed by atoms with Crippen LogP contribution in [0.4, 0.5) is 23.2 Å². The van der Waals surface area contributed by atoms with Gasteiger partial charge in [-0.25, -0.2) is 9.18 Å². The van der Waals surface area contributed by atoms with Gasteiger partial charge in [0.1, 0.15) is 12.8 Å². The Bertz CT molecular complexity index is 1220. The van der Waals surface area contributed by atoms with Gasteiger partial charge in [0.25, 0.3) is 11.8 Å². The highest BCUT2D eigenvalue weighted by atomic mass is 35.5. The summed E-state index contributed by atoms with van der Waals surface area (Å²) in [5.41, 5.74) is 6.54. The van der Waals surface area contributed by atoms with Crippen molar-refractivity contribution in [1.29, 1.82) is 0 Å². The van der Waals surface area contributed by atoms with Crippen LogP contribution in [0.15, 0.2) is 42.5 Å². The third kappa shape index (κ3) is 6.80. The molecule has 2 aliphatic rings. The standard InChI is InChI=1S/C26H27ClF4N4O4/c27-17-4-2-16(3-5-17)24(37)34-9-7-18(8-10-34)33-20-13-35(14-22(20)39-25(38)26(29,30)31)21-11-15(12-28)1-6-19(21)23(32)36/h1-6,11,18,20,22,33H,7-10,12-14H2,(H2,32,36). The number of nitrogens with two attached hydrogens (primary N) is 1. The number of hydrogen-bond acceptors (Lipinski definition) is 6. The zero-order chi connectivity index (χ0) is 28.3. The summed E-state index contributed by atoms with van der Waals surface area (Å²) in [6.45, 7) is -0.0830. The fourth-order valence-electron chi connectivity index (χ4n) is 4.91. The number of amides is 2. The molecule has 2 aliphatic heterocycles. The molecule has 2 amide bonds. The van der Waals surface area contributed by atoms with E-state index in [2.05, 4.69) is 5.32 Å². The average molecular weight is 571 g/mol. The first-order valence-corrected chi connectivity index (χ1v) is 12.7. The molecule has 2 aromatic rings. The number of nitrogens with one attached hydrogen (secondary N) is 1. The quantitative estimate of drug-likeness (QED) is 0.390. The van der Waals surface area contributed by atoms with Crippen molar-refractivity contribution >= 4 is 35.1 Å². The van der Waals surface area contributed by atoms with Gasteiger partial charge in [0.05, 0.1) is 23.8 Å². The number of ether oxygens (including phenoxy) is 1. The molecular weight excluding hydrogens is 544 g/mol. The molecule has 2 aromatic carbocycles. The lowest BCUT2D eigenvalue weighted by atomic mass is 10.0. The number of likely N-dealkylation sites (tertiary alicyclic amines) is 1. The molecule has 0 saturated carbocycles. The second-order valence-corrected chi connectivity index (χ2v) is 9.98. The van der Waals surface area contributed by atoms with E-state index >= 15 is 0 Å². The minimum absolute atomic E-state index is 0.0720. The van der Waals surface area contributed by atoms with E-state index in [0.29, 0.717) is 36.5 Å². The first-order chi connectivity index (χ1) is 18.5. The van der Waals surface area contributed by atoms with E-state index in [9.17, 15) is 31.9 Å². The minimum atomic E-state index is -5.18. The minimum Gasteiger partial charge on any atom is -0.452 e. The topological polar surface area (TPSA) is 105 Å². The number of piperidine rings is 1. The van der Waals surface area contributed by atoms with Crippen LogP contribution in [-0.4, -0.2) is 73.2 Å². The van der Waals surface area contributed by atoms with E-state index in [4.69, 9.17) is 22.1 Å². The Morgan fingerprint density at radius 2 is 1.72 bits per heavy atom. The molecule has 0 bridgehead atoms. The largest absolute Gasteiger partial charge is 0.490 e. The number of anilines is 1. The number of carbonyl (C=O) groups is 3. The Kier molecular flexibility index (Phi) is 8.65. The van der Waals surface area contributed by atoms with E-state index in [1.54, 1.807) is 34.1 Å². The summed E-state index contributed by atoms with van der Waals surface area (Å²) in [5.74, 6) is -3.26. The zero-order valence-corrected chi connectivity index (χ0v) is 21.5. The number of alkyl halides is 4. The molecule has 0 aromatic heterocycles. The maximum atomic E-state index is 13.3. The molecule has 2 unspecified atom stereocenters. The number of primary amides is 1. The second-order valence-electron chi connectivity index (χ2n) is 9.54. The average Bonchev–Trinajstić information content (AvgIpc) is 3.30. The van der Waals surface area contributed by atoms with E-state index < -0.39 is 36.9 Å². The number of rotatable bonds is 7. The predicted molar refractivity (Wildman–Crippen MR) is 135 cm³/mol. The van der Waals surface area contributed by atoms with Crippen LogP contribution in [-0.2, 0) is 16.2 Å². The van der Waals surface area contributed by atoms with Crippen molar-refractivity contribution in [3.63, 3.8) is 0 Å². The number of benzene rings is 2. The molecule has 2 saturated heterocycles. The summed E-state index contributed by atoms with van der Waals surface area (Å²) in [6.07, 6.45) is -5.36. The van der Waals surface area contributed by atoms with Gasteiger partial charge in [0.2, 0.25) is 0 Å². The van der Waals surface area contributed by atoms with Gasteiger partial charge in [-0.2, -0.15) is 13.2 Å². The third-order valence-corrected chi connectivity index (χ3v) is 7.15. The molecule has 3 N–H and O–H groups in total. The van der Waals surface area contributed by atoms with E-state index in [0.717, 1.165) is 0 Å². The van der Waals surface area contributed by atoms with Crippen molar-refractivity contribution < 1.29 is 36.7 Å². The Balaban J connectivity index is 1.47. The van der Waals surface area contributed by atoms with E-state index in [1.165, 1.54) is 18.2 Å². The molecular formula is C26H27ClF4N4O4. The van der Waals surface area contributed by atoms with Gasteiger partial charge in [-0.05, 0) is 54.8 Å². The van der Waals surface area contributed by atoms with Crippen molar-refractivity contribution in [1.82, 2.24) is 10.2 Å². The molecule has 8 nitrogen and oxygen atoms in total. The van der Waals surface area contributed by atoms with Crippen LogP contribution in [0.25, 0.3) is 0 Å². The fraction of sp³-hybridized carbons (Fsp3) is 0.423. The Labute approximate surface area is 227 Å². The van der Waals surface area contributed by atoms with Gasteiger partial charge in [0, 0.05) is 36.3 Å². The van der Waals surface area contributed by atoms with Crippen molar-refractivity contribution in [2.45, 2.75) is 43.9 Å². The van der Waals surface area contributed by atoms with Gasteiger partial charge in [-0.15, -0.1) is 0 Å². The van der Waals surface area contributed by atoms with Gasteiger partial charge in [0.15, 0.2) is 0 Å². The fourth-order valence-corrected chi connectivity index (χ4v) is 5.04. The molecule has 0 aliphatic carbocycles. The van der Waals surface area contributed by atoms with Crippen LogP contribution in [0.3, 0.4) is 0 Å². The number of esters is 1. The third-order valence-electron chi connectivity index (χ3n) is 6.90. The first-order valence-electron chi connectivity index (χ1n) is 12.3. The molecule has 0 spiro atoms. The summed E-state index contributed by atoms with van der Waals surface area (Å²) in [6, 6.07) is 9.80. The van der Waals surface area contributed by atoms with Crippen LogP contribution in [0.2, 0.25) is 5.02 Å². The van der Waals surface area contributed by atoms with Crippen LogP contribution in [0, 0.1) is 0 Å². The van der Waals surface area contributed by atoms with Crippen molar-refractivity contribution in [2.75, 3.05) is 31.1 Å². The number of carbonyl (C=O) groups excluding carboxylic acids is 3. The van der Waals surface area contributed by atoms with Crippen molar-refractivity contribution in [3.8, 4) is 0 Å². The molecule has 2 heterocycles. The summed E-state index contributed by atoms with van der Waals surface area (Å²) < 4.78 is 57.2. The highest BCUT2D eigenvalue weighted by Crippen LogP contribution is 2.30. The maximum absolute atomic E-state index is 13.3. The number of hydrogen-bond donors (Lipinski definition) is 2. The van der Waals surface area contributed by atoms with Crippen LogP contribution >= 0.6 is 11.6 Å². The van der Waals surface area contributed by atoms with E-state index in [-0.39, 0.29) is 41.9 Å². The number of halogens is 5. The Hall–Kier alpha value is -3.38. The van der Waals surface area contributed by atoms with E-state index in [1.807, 2.05) is 0 Å². The lowest BCUT2D eigenvalue weighted by Crippen LogP contribution is -2.52. The summed E-state index contributed by atoms with van der Waals surface area (Å²) >= 11 is 5.89. The monoisotopic (exact) mass is 570 g/mol. The van der Waals surface area contributed by atoms with Gasteiger partial charge in [-0.3, -0.25) is 9.59 Å². The predicted octanol–water partition coefficient (Wildman–Crippen LogP) is 3.47. The smallest absolute Gasteiger partial charge is 0.452 e. The summed E-state index contributed by atoms with van der Waals surface area (Å²) in [7, 11) is 0. The lowest BCUT2D eigenvalue weighted by molar-refractivity contribution is -0.204. The molecule has 4 rings (SSSR count). The molecule has 39 heavy (non-hydrogen) atoms. The number of nitrogens with zero attached hydrogens (tertiary/aromatic N) is 2. The van der Waals surface area contributed by atoms with Crippen LogP contribution < -0.4 is 16.0 Å². The summed E-state index contributed by atoms with van der Waals surface area (Å²) in [5, 5.41) is 3.79. The van der Waals surface area contributed by atoms with Crippen molar-refractivity contribution in [3.05, 3.63) is 64.2 Å². The molecule has 0 radical (unpaired) electrons. The molecule has 13 heteroatoms. The highest BCUT2D eigenvalue weighted by molar-refractivity contribution is 6.30. The second kappa shape index (κ2) is 11.8. The van der Waals surface area contributed by atoms with Crippen LogP contribution in [0.1, 0.15) is 39.1 Å². The van der Waals surface area contributed by atoms with Gasteiger partial charge < -0.3 is 25.6 Å². The lowest BCUT2D eigenvalue weighted by Gasteiger charge is -2.34. The maximum Gasteiger partial charge on any atom is 0.490 e. The normalized spacial score (nSPS) is 20.2. The SMILES string of the molecule is NC(=O)c1ccc(CF)cc1N1CC(NC2CCN(C(=O)c3ccc(Cl)cc3)CC2)C(OC(=O)C(F)(F)F)C1. The van der Waals surface area contributed by atoms with Gasteiger partial charge in [-0.1, -0.05) is 17.7 Å². The zero-order valence-electron chi connectivity index (χ0n) is 20.7. The van der Waals surface area contributed by atoms with Crippen LogP contribution in [0.5, 0.6) is 0 Å². The highest BCUT2D eigenvalue weighted by Gasteiger charge is 2.46.